The van der Waals surface area contributed by atoms with Crippen LogP contribution in [0.2, 0.25) is 0 Å². The molecule has 3 N–H and O–H groups in total. The van der Waals surface area contributed by atoms with Crippen LogP contribution in [-0.4, -0.2) is 31.0 Å². The van der Waals surface area contributed by atoms with Gasteiger partial charge in [0.25, 0.3) is 5.91 Å². The SMILES string of the molecule is Cc1ccccc1-n1ncc(C(=O)Nc2n[nH]c3cc(O)ccc23)c1C. The van der Waals surface area contributed by atoms with Gasteiger partial charge in [-0.15, -0.1) is 0 Å². The number of nitrogens with zero attached hydrogens (tertiary/aromatic N) is 3. The molecule has 7 nitrogen and oxygen atoms in total. The standard InChI is InChI=1S/C19H17N5O2/c1-11-5-3-4-6-17(11)24-12(2)15(10-20-24)19(26)21-18-14-8-7-13(25)9-16(14)22-23-18/h3-10,25H,1-2H3,(H2,21,22,23,26). The van der Waals surface area contributed by atoms with Crippen molar-refractivity contribution in [3.63, 3.8) is 0 Å². The Hall–Kier alpha value is -3.61. The molecule has 4 aromatic rings. The molecule has 0 spiro atoms. The monoisotopic (exact) mass is 347 g/mol. The van der Waals surface area contributed by atoms with Crippen molar-refractivity contribution >= 4 is 22.6 Å². The van der Waals surface area contributed by atoms with Crippen LogP contribution in [0.15, 0.2) is 48.7 Å². The number of amides is 1. The van der Waals surface area contributed by atoms with E-state index in [2.05, 4.69) is 20.6 Å². The molecule has 0 bridgehead atoms. The van der Waals surface area contributed by atoms with Crippen LogP contribution in [0.25, 0.3) is 16.6 Å². The highest BCUT2D eigenvalue weighted by Crippen LogP contribution is 2.25. The first kappa shape index (κ1) is 15.9. The average molecular weight is 347 g/mol. The maximum absolute atomic E-state index is 12.7. The third kappa shape index (κ3) is 2.59. The number of benzene rings is 2. The Morgan fingerprint density at radius 3 is 2.81 bits per heavy atom. The van der Waals surface area contributed by atoms with E-state index in [-0.39, 0.29) is 11.7 Å². The topological polar surface area (TPSA) is 95.8 Å². The van der Waals surface area contributed by atoms with E-state index in [4.69, 9.17) is 0 Å². The van der Waals surface area contributed by atoms with Gasteiger partial charge in [-0.05, 0) is 37.6 Å². The summed E-state index contributed by atoms with van der Waals surface area (Å²) in [6.07, 6.45) is 1.55. The van der Waals surface area contributed by atoms with E-state index in [0.29, 0.717) is 16.9 Å². The Bertz CT molecular complexity index is 1130. The average Bonchev–Trinajstić information content (AvgIpc) is 3.19. The van der Waals surface area contributed by atoms with Crippen LogP contribution >= 0.6 is 0 Å². The van der Waals surface area contributed by atoms with Crippen molar-refractivity contribution < 1.29 is 9.90 Å². The van der Waals surface area contributed by atoms with Crippen LogP contribution in [0, 0.1) is 13.8 Å². The first-order chi connectivity index (χ1) is 12.5. The highest BCUT2D eigenvalue weighted by molar-refractivity contribution is 6.08. The van der Waals surface area contributed by atoms with Crippen molar-refractivity contribution in [1.82, 2.24) is 20.0 Å². The van der Waals surface area contributed by atoms with Gasteiger partial charge >= 0.3 is 0 Å². The molecule has 0 atom stereocenters. The quantitative estimate of drug-likeness (QED) is 0.530. The summed E-state index contributed by atoms with van der Waals surface area (Å²) in [5.74, 6) is 0.256. The van der Waals surface area contributed by atoms with Crippen molar-refractivity contribution in [2.24, 2.45) is 0 Å². The predicted octanol–water partition coefficient (Wildman–Crippen LogP) is 3.32. The first-order valence-corrected chi connectivity index (χ1v) is 8.13. The summed E-state index contributed by atoms with van der Waals surface area (Å²) in [6, 6.07) is 12.7. The van der Waals surface area contributed by atoms with Crippen LogP contribution < -0.4 is 5.32 Å². The molecule has 0 unspecified atom stereocenters. The minimum Gasteiger partial charge on any atom is -0.508 e. The van der Waals surface area contributed by atoms with Gasteiger partial charge in [0.1, 0.15) is 5.75 Å². The number of aryl methyl sites for hydroxylation is 1. The van der Waals surface area contributed by atoms with Crippen LogP contribution in [0.4, 0.5) is 5.82 Å². The number of carbonyl (C=O) groups excluding carboxylic acids is 1. The molecule has 26 heavy (non-hydrogen) atoms. The number of H-pyrrole nitrogens is 1. The molecule has 0 radical (unpaired) electrons. The zero-order valence-corrected chi connectivity index (χ0v) is 14.3. The van der Waals surface area contributed by atoms with Gasteiger partial charge in [0.2, 0.25) is 0 Å². The molecule has 2 aromatic heterocycles. The third-order valence-electron chi connectivity index (χ3n) is 4.38. The smallest absolute Gasteiger partial charge is 0.260 e. The van der Waals surface area contributed by atoms with Gasteiger partial charge in [-0.3, -0.25) is 9.89 Å². The lowest BCUT2D eigenvalue weighted by atomic mass is 10.2. The van der Waals surface area contributed by atoms with Crippen molar-refractivity contribution in [3.05, 3.63) is 65.5 Å². The van der Waals surface area contributed by atoms with Gasteiger partial charge in [-0.25, -0.2) is 4.68 Å². The number of hydrogen-bond donors (Lipinski definition) is 3. The van der Waals surface area contributed by atoms with E-state index in [1.165, 1.54) is 0 Å². The lowest BCUT2D eigenvalue weighted by molar-refractivity contribution is 0.102. The molecule has 4 rings (SSSR count). The first-order valence-electron chi connectivity index (χ1n) is 8.13. The van der Waals surface area contributed by atoms with Crippen molar-refractivity contribution in [3.8, 4) is 11.4 Å². The van der Waals surface area contributed by atoms with E-state index < -0.39 is 0 Å². The summed E-state index contributed by atoms with van der Waals surface area (Å²) >= 11 is 0. The van der Waals surface area contributed by atoms with Crippen LogP contribution in [0.3, 0.4) is 0 Å². The van der Waals surface area contributed by atoms with Crippen LogP contribution in [-0.2, 0) is 0 Å². The van der Waals surface area contributed by atoms with Crippen LogP contribution in [0.5, 0.6) is 5.75 Å². The zero-order chi connectivity index (χ0) is 18.3. The van der Waals surface area contributed by atoms with Gasteiger partial charge in [-0.1, -0.05) is 18.2 Å². The summed E-state index contributed by atoms with van der Waals surface area (Å²) < 4.78 is 1.75. The number of nitrogens with one attached hydrogen (secondary N) is 2. The van der Waals surface area contributed by atoms with Crippen molar-refractivity contribution in [2.45, 2.75) is 13.8 Å². The molecule has 0 aliphatic rings. The minimum atomic E-state index is -0.288. The van der Waals surface area contributed by atoms with E-state index >= 15 is 0 Å². The molecule has 0 saturated heterocycles. The number of fused-ring (bicyclic) bond motifs is 1. The Morgan fingerprint density at radius 2 is 2.00 bits per heavy atom. The Kier molecular flexibility index (Phi) is 3.69. The van der Waals surface area contributed by atoms with Gasteiger partial charge in [0, 0.05) is 11.5 Å². The van der Waals surface area contributed by atoms with Gasteiger partial charge in [-0.2, -0.15) is 10.2 Å². The summed E-state index contributed by atoms with van der Waals surface area (Å²) in [7, 11) is 0. The number of phenolic OH excluding ortho intramolecular Hbond substituents is 1. The molecular weight excluding hydrogens is 330 g/mol. The fourth-order valence-corrected chi connectivity index (χ4v) is 2.95. The number of aromatic hydroxyl groups is 1. The number of para-hydroxylation sites is 1. The van der Waals surface area contributed by atoms with E-state index in [9.17, 15) is 9.90 Å². The lowest BCUT2D eigenvalue weighted by Crippen LogP contribution is -2.13. The second kappa shape index (κ2) is 6.03. The van der Waals surface area contributed by atoms with Crippen LogP contribution in [0.1, 0.15) is 21.6 Å². The highest BCUT2D eigenvalue weighted by Gasteiger charge is 2.18. The number of aromatic amines is 1. The number of hydrogen-bond acceptors (Lipinski definition) is 4. The molecule has 1 amide bonds. The molecule has 2 aromatic carbocycles. The normalized spacial score (nSPS) is 11.0. The highest BCUT2D eigenvalue weighted by atomic mass is 16.3. The number of carbonyl (C=O) groups is 1. The van der Waals surface area contributed by atoms with E-state index in [1.54, 1.807) is 29.1 Å². The van der Waals surface area contributed by atoms with Gasteiger partial charge < -0.3 is 10.4 Å². The third-order valence-corrected chi connectivity index (χ3v) is 4.38. The summed E-state index contributed by atoms with van der Waals surface area (Å²) in [6.45, 7) is 3.86. The maximum atomic E-state index is 12.7. The Balaban J connectivity index is 1.66. The fourth-order valence-electron chi connectivity index (χ4n) is 2.95. The molecule has 0 fully saturated rings. The van der Waals surface area contributed by atoms with Crippen molar-refractivity contribution in [2.75, 3.05) is 5.32 Å². The molecule has 0 aliphatic heterocycles. The van der Waals surface area contributed by atoms with E-state index in [0.717, 1.165) is 22.3 Å². The van der Waals surface area contributed by atoms with Gasteiger partial charge in [0.05, 0.1) is 28.7 Å². The lowest BCUT2D eigenvalue weighted by Gasteiger charge is -2.08. The number of rotatable bonds is 3. The second-order valence-corrected chi connectivity index (χ2v) is 6.10. The molecule has 7 heteroatoms. The molecule has 0 aliphatic carbocycles. The molecule has 0 saturated carbocycles. The Labute approximate surface area is 149 Å². The predicted molar refractivity (Wildman–Crippen MR) is 98.7 cm³/mol. The molecule has 130 valence electrons. The number of aromatic nitrogens is 4. The van der Waals surface area contributed by atoms with Crippen molar-refractivity contribution in [1.29, 1.82) is 0 Å². The Morgan fingerprint density at radius 1 is 1.19 bits per heavy atom. The largest absolute Gasteiger partial charge is 0.508 e. The molecule has 2 heterocycles. The summed E-state index contributed by atoms with van der Waals surface area (Å²) in [5.41, 5.74) is 3.87. The summed E-state index contributed by atoms with van der Waals surface area (Å²) in [4.78, 5) is 12.7. The van der Waals surface area contributed by atoms with Gasteiger partial charge in [0.15, 0.2) is 5.82 Å². The summed E-state index contributed by atoms with van der Waals surface area (Å²) in [5, 5.41) is 24.3. The minimum absolute atomic E-state index is 0.134. The second-order valence-electron chi connectivity index (χ2n) is 6.10. The number of phenols is 1. The maximum Gasteiger partial charge on any atom is 0.260 e. The number of anilines is 1. The molecular formula is C19H17N5O2. The zero-order valence-electron chi connectivity index (χ0n) is 14.3. The van der Waals surface area contributed by atoms with E-state index in [1.807, 2.05) is 38.1 Å². The fraction of sp³-hybridized carbons (Fsp3) is 0.105.